The number of furan rings is 1. The van der Waals surface area contributed by atoms with Crippen LogP contribution in [0.4, 0.5) is 5.69 Å². The first-order valence-corrected chi connectivity index (χ1v) is 11.0. The average molecular weight is 443 g/mol. The molecule has 168 valence electrons. The van der Waals surface area contributed by atoms with Crippen molar-refractivity contribution in [2.75, 3.05) is 19.0 Å². The van der Waals surface area contributed by atoms with E-state index in [1.807, 2.05) is 35.3 Å². The summed E-state index contributed by atoms with van der Waals surface area (Å²) in [4.78, 5) is 12.5. The Bertz CT molecular complexity index is 1300. The Labute approximate surface area is 191 Å². The van der Waals surface area contributed by atoms with E-state index in [0.717, 1.165) is 58.9 Å². The molecule has 0 unspecified atom stereocenters. The first-order valence-electron chi connectivity index (χ1n) is 11.0. The Morgan fingerprint density at radius 2 is 2.00 bits per heavy atom. The molecule has 0 amide bonds. The third kappa shape index (κ3) is 4.96. The zero-order valence-corrected chi connectivity index (χ0v) is 18.5. The molecule has 0 bridgehead atoms. The van der Waals surface area contributed by atoms with Crippen LogP contribution in [0.3, 0.4) is 0 Å². The molecule has 4 aromatic heterocycles. The predicted octanol–water partition coefficient (Wildman–Crippen LogP) is 4.46. The number of ether oxygens (including phenoxy) is 1. The molecule has 4 heterocycles. The van der Waals surface area contributed by atoms with Crippen LogP contribution in [0.1, 0.15) is 17.1 Å². The number of nitrogens with zero attached hydrogens (tertiary/aromatic N) is 4. The van der Waals surface area contributed by atoms with Crippen LogP contribution in [0.5, 0.6) is 0 Å². The number of aryl methyl sites for hydroxylation is 2. The lowest BCUT2D eigenvalue weighted by Gasteiger charge is -2.08. The first kappa shape index (κ1) is 21.0. The van der Waals surface area contributed by atoms with Gasteiger partial charge in [-0.1, -0.05) is 24.3 Å². The number of benzene rings is 1. The second-order valence-corrected chi connectivity index (χ2v) is 7.86. The molecule has 0 aliphatic carbocycles. The molecule has 8 nitrogen and oxygen atoms in total. The summed E-state index contributed by atoms with van der Waals surface area (Å²) in [5.74, 6) is 1.85. The van der Waals surface area contributed by atoms with Gasteiger partial charge in [0.25, 0.3) is 0 Å². The van der Waals surface area contributed by atoms with Crippen LogP contribution in [0, 0.1) is 0 Å². The standard InChI is InChI=1S/C25H26N6O2/c1-32-14-12-31-17-20(16-28-31)19-6-4-18(5-7-19)15-27-22-10-11-26-25-24(22)29-23(30-25)9-8-21-3-2-13-33-21/h2-7,10-11,13,16-17H,8-9,12,14-15H2,1H3,(H2,26,27,29,30). The van der Waals surface area contributed by atoms with Crippen LogP contribution in [-0.4, -0.2) is 38.4 Å². The number of hydrogen-bond acceptors (Lipinski definition) is 6. The van der Waals surface area contributed by atoms with Gasteiger partial charge in [-0.3, -0.25) is 4.68 Å². The lowest BCUT2D eigenvalue weighted by molar-refractivity contribution is 0.183. The molecular weight excluding hydrogens is 416 g/mol. The van der Waals surface area contributed by atoms with E-state index in [-0.39, 0.29) is 0 Å². The van der Waals surface area contributed by atoms with Crippen molar-refractivity contribution in [3.63, 3.8) is 0 Å². The number of rotatable bonds is 10. The molecule has 0 atom stereocenters. The number of nitrogens with one attached hydrogen (secondary N) is 2. The Morgan fingerprint density at radius 3 is 2.82 bits per heavy atom. The maximum atomic E-state index is 5.41. The minimum absolute atomic E-state index is 0.649. The molecule has 0 saturated heterocycles. The van der Waals surface area contributed by atoms with E-state index in [1.54, 1.807) is 19.6 Å². The molecule has 8 heteroatoms. The fourth-order valence-corrected chi connectivity index (χ4v) is 3.75. The van der Waals surface area contributed by atoms with E-state index < -0.39 is 0 Å². The van der Waals surface area contributed by atoms with Crippen molar-refractivity contribution in [3.8, 4) is 11.1 Å². The van der Waals surface area contributed by atoms with Gasteiger partial charge in [-0.2, -0.15) is 5.10 Å². The lowest BCUT2D eigenvalue weighted by atomic mass is 10.1. The van der Waals surface area contributed by atoms with Crippen molar-refractivity contribution in [2.45, 2.75) is 25.9 Å². The number of fused-ring (bicyclic) bond motifs is 1. The molecule has 5 rings (SSSR count). The highest BCUT2D eigenvalue weighted by atomic mass is 16.5. The Morgan fingerprint density at radius 1 is 1.09 bits per heavy atom. The van der Waals surface area contributed by atoms with Crippen LogP contribution in [0.25, 0.3) is 22.3 Å². The number of aromatic nitrogens is 5. The van der Waals surface area contributed by atoms with E-state index in [0.29, 0.717) is 13.2 Å². The third-order valence-electron chi connectivity index (χ3n) is 5.56. The van der Waals surface area contributed by atoms with E-state index >= 15 is 0 Å². The zero-order chi connectivity index (χ0) is 22.5. The van der Waals surface area contributed by atoms with Crippen molar-refractivity contribution in [1.29, 1.82) is 0 Å². The maximum absolute atomic E-state index is 5.41. The van der Waals surface area contributed by atoms with E-state index in [1.165, 1.54) is 5.56 Å². The number of H-pyrrole nitrogens is 1. The summed E-state index contributed by atoms with van der Waals surface area (Å²) in [6.45, 7) is 2.10. The second-order valence-electron chi connectivity index (χ2n) is 7.86. The van der Waals surface area contributed by atoms with Crippen molar-refractivity contribution < 1.29 is 9.15 Å². The van der Waals surface area contributed by atoms with Crippen LogP contribution >= 0.6 is 0 Å². The third-order valence-corrected chi connectivity index (χ3v) is 5.56. The molecular formula is C25H26N6O2. The normalized spacial score (nSPS) is 11.3. The molecule has 0 aliphatic rings. The topological polar surface area (TPSA) is 93.8 Å². The van der Waals surface area contributed by atoms with Gasteiger partial charge in [-0.25, -0.2) is 9.97 Å². The number of anilines is 1. The summed E-state index contributed by atoms with van der Waals surface area (Å²) >= 11 is 0. The summed E-state index contributed by atoms with van der Waals surface area (Å²) in [7, 11) is 1.70. The van der Waals surface area contributed by atoms with Gasteiger partial charge in [0.05, 0.1) is 31.3 Å². The largest absolute Gasteiger partial charge is 0.469 e. The highest BCUT2D eigenvalue weighted by Gasteiger charge is 2.09. The average Bonchev–Trinajstić information content (AvgIpc) is 3.61. The highest BCUT2D eigenvalue weighted by Crippen LogP contribution is 2.22. The molecule has 0 spiro atoms. The van der Waals surface area contributed by atoms with Gasteiger partial charge < -0.3 is 19.5 Å². The second kappa shape index (κ2) is 9.70. The molecule has 5 aromatic rings. The fourth-order valence-electron chi connectivity index (χ4n) is 3.75. The molecule has 0 radical (unpaired) electrons. The summed E-state index contributed by atoms with van der Waals surface area (Å²) in [6.07, 6.45) is 8.98. The SMILES string of the molecule is COCCn1cc(-c2ccc(CNc3ccnc4nc(CCc5ccco5)[nH]c34)cc2)cn1. The van der Waals surface area contributed by atoms with E-state index in [4.69, 9.17) is 9.15 Å². The van der Waals surface area contributed by atoms with Crippen molar-refractivity contribution >= 4 is 16.9 Å². The van der Waals surface area contributed by atoms with Crippen LogP contribution < -0.4 is 5.32 Å². The van der Waals surface area contributed by atoms with Crippen molar-refractivity contribution in [1.82, 2.24) is 24.7 Å². The number of imidazole rings is 1. The van der Waals surface area contributed by atoms with Gasteiger partial charge in [0.2, 0.25) is 0 Å². The Balaban J connectivity index is 1.23. The summed E-state index contributed by atoms with van der Waals surface area (Å²) in [5, 5.41) is 7.90. The monoisotopic (exact) mass is 442 g/mol. The fraction of sp³-hybridized carbons (Fsp3) is 0.240. The maximum Gasteiger partial charge on any atom is 0.179 e. The molecule has 2 N–H and O–H groups in total. The van der Waals surface area contributed by atoms with Gasteiger partial charge in [-0.05, 0) is 29.3 Å². The zero-order valence-electron chi connectivity index (χ0n) is 18.5. The van der Waals surface area contributed by atoms with Crippen LogP contribution in [0.2, 0.25) is 0 Å². The quantitative estimate of drug-likeness (QED) is 0.332. The van der Waals surface area contributed by atoms with E-state index in [2.05, 4.69) is 49.6 Å². The summed E-state index contributed by atoms with van der Waals surface area (Å²) < 4.78 is 12.4. The predicted molar refractivity (Wildman–Crippen MR) is 127 cm³/mol. The Hall–Kier alpha value is -3.91. The van der Waals surface area contributed by atoms with Crippen LogP contribution in [-0.2, 0) is 30.7 Å². The molecule has 0 saturated carbocycles. The molecule has 0 aliphatic heterocycles. The number of aromatic amines is 1. The van der Waals surface area contributed by atoms with Crippen LogP contribution in [0.15, 0.2) is 71.7 Å². The summed E-state index contributed by atoms with van der Waals surface area (Å²) in [6, 6.07) is 14.4. The molecule has 0 fully saturated rings. The van der Waals surface area contributed by atoms with Gasteiger partial charge in [-0.15, -0.1) is 0 Å². The van der Waals surface area contributed by atoms with Crippen molar-refractivity contribution in [3.05, 3.63) is 84.5 Å². The van der Waals surface area contributed by atoms with Gasteiger partial charge in [0, 0.05) is 44.5 Å². The number of methoxy groups -OCH3 is 1. The molecule has 33 heavy (non-hydrogen) atoms. The lowest BCUT2D eigenvalue weighted by Crippen LogP contribution is -2.03. The van der Waals surface area contributed by atoms with Crippen molar-refractivity contribution in [2.24, 2.45) is 0 Å². The smallest absolute Gasteiger partial charge is 0.179 e. The number of pyridine rings is 1. The minimum Gasteiger partial charge on any atom is -0.469 e. The Kier molecular flexibility index (Phi) is 6.16. The van der Waals surface area contributed by atoms with Gasteiger partial charge in [0.1, 0.15) is 17.1 Å². The van der Waals surface area contributed by atoms with Gasteiger partial charge >= 0.3 is 0 Å². The highest BCUT2D eigenvalue weighted by molar-refractivity contribution is 5.85. The molecule has 1 aromatic carbocycles. The first-order chi connectivity index (χ1) is 16.3. The van der Waals surface area contributed by atoms with E-state index in [9.17, 15) is 0 Å². The minimum atomic E-state index is 0.649. The van der Waals surface area contributed by atoms with Gasteiger partial charge in [0.15, 0.2) is 5.65 Å². The summed E-state index contributed by atoms with van der Waals surface area (Å²) in [5.41, 5.74) is 6.06. The number of hydrogen-bond donors (Lipinski definition) is 2.